The first-order valence-corrected chi connectivity index (χ1v) is 14.2. The second-order valence-electron chi connectivity index (χ2n) is 9.69. The molecule has 1 atom stereocenters. The van der Waals surface area contributed by atoms with Crippen molar-refractivity contribution in [3.8, 4) is 0 Å². The maximum absolute atomic E-state index is 14.5. The molecule has 196 valence electrons. The lowest BCUT2D eigenvalue weighted by Crippen LogP contribution is -2.53. The van der Waals surface area contributed by atoms with Crippen LogP contribution < -0.4 is 9.62 Å². The van der Waals surface area contributed by atoms with Crippen molar-refractivity contribution >= 4 is 27.5 Å². The Morgan fingerprint density at radius 3 is 2.36 bits per heavy atom. The van der Waals surface area contributed by atoms with Gasteiger partial charge in [0.25, 0.3) is 0 Å². The maximum Gasteiger partial charge on any atom is 0.244 e. The highest BCUT2D eigenvalue weighted by molar-refractivity contribution is 7.92. The van der Waals surface area contributed by atoms with Crippen molar-refractivity contribution in [2.75, 3.05) is 17.1 Å². The standard InChI is InChI=1S/C27H36FN3O4S/c1-19-14-15-25(20(2)16-19)31(36(4,34)35)18-26(32)30(17-22-10-8-9-13-24(22)28)21(3)27(33)29-23-11-6-5-7-12-23/h8-10,13-16,21,23H,5-7,11-12,17-18H2,1-4H3,(H,29,33)/t21-/m1/s1. The monoisotopic (exact) mass is 517 g/mol. The first kappa shape index (κ1) is 27.6. The molecule has 2 aromatic carbocycles. The van der Waals surface area contributed by atoms with Crippen molar-refractivity contribution < 1.29 is 22.4 Å². The minimum absolute atomic E-state index is 0.0434. The molecule has 0 spiro atoms. The first-order chi connectivity index (χ1) is 17.0. The number of nitrogens with one attached hydrogen (secondary N) is 1. The maximum atomic E-state index is 14.5. The van der Waals surface area contributed by atoms with Gasteiger partial charge < -0.3 is 10.2 Å². The number of halogens is 1. The summed E-state index contributed by atoms with van der Waals surface area (Å²) in [6, 6.07) is 10.5. The highest BCUT2D eigenvalue weighted by Crippen LogP contribution is 2.25. The molecule has 36 heavy (non-hydrogen) atoms. The van der Waals surface area contributed by atoms with Crippen LogP contribution >= 0.6 is 0 Å². The van der Waals surface area contributed by atoms with E-state index in [1.165, 1.54) is 11.0 Å². The first-order valence-electron chi connectivity index (χ1n) is 12.4. The van der Waals surface area contributed by atoms with Crippen LogP contribution in [0.15, 0.2) is 42.5 Å². The summed E-state index contributed by atoms with van der Waals surface area (Å²) in [7, 11) is -3.82. The van der Waals surface area contributed by atoms with Crippen molar-refractivity contribution in [3.05, 3.63) is 65.0 Å². The SMILES string of the molecule is Cc1ccc(N(CC(=O)N(Cc2ccccc2F)[C@H](C)C(=O)NC2CCCCC2)S(C)(=O)=O)c(C)c1. The molecule has 2 amide bonds. The van der Waals surface area contributed by atoms with E-state index in [4.69, 9.17) is 0 Å². The van der Waals surface area contributed by atoms with Crippen molar-refractivity contribution in [2.45, 2.75) is 71.5 Å². The van der Waals surface area contributed by atoms with Gasteiger partial charge in [-0.3, -0.25) is 13.9 Å². The highest BCUT2D eigenvalue weighted by atomic mass is 32.2. The third kappa shape index (κ3) is 7.06. The van der Waals surface area contributed by atoms with Crippen LogP contribution in [0.25, 0.3) is 0 Å². The topological polar surface area (TPSA) is 86.8 Å². The molecule has 1 N–H and O–H groups in total. The predicted octanol–water partition coefficient (Wildman–Crippen LogP) is 4.07. The number of carbonyl (C=O) groups is 2. The third-order valence-electron chi connectivity index (χ3n) is 6.72. The quantitative estimate of drug-likeness (QED) is 0.543. The highest BCUT2D eigenvalue weighted by Gasteiger charge is 2.32. The summed E-state index contributed by atoms with van der Waals surface area (Å²) in [5.41, 5.74) is 2.31. The Morgan fingerprint density at radius 1 is 1.08 bits per heavy atom. The van der Waals surface area contributed by atoms with Gasteiger partial charge in [0.1, 0.15) is 18.4 Å². The smallest absolute Gasteiger partial charge is 0.244 e. The molecule has 2 aromatic rings. The number of rotatable bonds is 9. The fourth-order valence-electron chi connectivity index (χ4n) is 4.64. The van der Waals surface area contributed by atoms with E-state index in [1.807, 2.05) is 13.0 Å². The fraction of sp³-hybridized carbons (Fsp3) is 0.481. The molecule has 1 fully saturated rings. The second-order valence-corrected chi connectivity index (χ2v) is 11.6. The third-order valence-corrected chi connectivity index (χ3v) is 7.84. The summed E-state index contributed by atoms with van der Waals surface area (Å²) in [6.07, 6.45) is 6.02. The van der Waals surface area contributed by atoms with E-state index in [1.54, 1.807) is 44.2 Å². The fourth-order valence-corrected chi connectivity index (χ4v) is 5.55. The Kier molecular flexibility index (Phi) is 9.11. The van der Waals surface area contributed by atoms with Crippen molar-refractivity contribution in [1.82, 2.24) is 10.2 Å². The van der Waals surface area contributed by atoms with E-state index in [-0.39, 0.29) is 24.1 Å². The lowest BCUT2D eigenvalue weighted by molar-refractivity contribution is -0.139. The van der Waals surface area contributed by atoms with Gasteiger partial charge in [0.2, 0.25) is 21.8 Å². The summed E-state index contributed by atoms with van der Waals surface area (Å²) in [5, 5.41) is 3.03. The van der Waals surface area contributed by atoms with Crippen molar-refractivity contribution in [3.63, 3.8) is 0 Å². The molecule has 1 aliphatic carbocycles. The van der Waals surface area contributed by atoms with Crippen LogP contribution in [0.5, 0.6) is 0 Å². The molecule has 1 aliphatic rings. The molecule has 3 rings (SSSR count). The van der Waals surface area contributed by atoms with Gasteiger partial charge in [-0.1, -0.05) is 55.2 Å². The van der Waals surface area contributed by atoms with E-state index < -0.39 is 34.3 Å². The Labute approximate surface area is 213 Å². The number of hydrogen-bond acceptors (Lipinski definition) is 4. The van der Waals surface area contributed by atoms with E-state index in [2.05, 4.69) is 5.32 Å². The van der Waals surface area contributed by atoms with Gasteiger partial charge in [0.15, 0.2) is 0 Å². The number of aryl methyl sites for hydroxylation is 2. The minimum Gasteiger partial charge on any atom is -0.352 e. The van der Waals surface area contributed by atoms with Gasteiger partial charge in [-0.25, -0.2) is 12.8 Å². The van der Waals surface area contributed by atoms with E-state index in [9.17, 15) is 22.4 Å². The Bertz CT molecular complexity index is 1200. The number of anilines is 1. The van der Waals surface area contributed by atoms with Gasteiger partial charge in [0, 0.05) is 18.2 Å². The lowest BCUT2D eigenvalue weighted by Gasteiger charge is -2.33. The predicted molar refractivity (Wildman–Crippen MR) is 140 cm³/mol. The summed E-state index contributed by atoms with van der Waals surface area (Å²) >= 11 is 0. The van der Waals surface area contributed by atoms with Crippen LogP contribution in [0, 0.1) is 19.7 Å². The molecule has 0 unspecified atom stereocenters. The molecule has 7 nitrogen and oxygen atoms in total. The zero-order valence-electron chi connectivity index (χ0n) is 21.5. The van der Waals surface area contributed by atoms with Crippen molar-refractivity contribution in [2.24, 2.45) is 0 Å². The van der Waals surface area contributed by atoms with E-state index >= 15 is 0 Å². The molecular weight excluding hydrogens is 481 g/mol. The lowest BCUT2D eigenvalue weighted by atomic mass is 9.95. The number of nitrogens with zero attached hydrogens (tertiary/aromatic N) is 2. The zero-order valence-corrected chi connectivity index (χ0v) is 22.3. The van der Waals surface area contributed by atoms with Gasteiger partial charge >= 0.3 is 0 Å². The zero-order chi connectivity index (χ0) is 26.5. The van der Waals surface area contributed by atoms with Gasteiger partial charge in [-0.2, -0.15) is 0 Å². The van der Waals surface area contributed by atoms with Crippen molar-refractivity contribution in [1.29, 1.82) is 0 Å². The Hall–Kier alpha value is -2.94. The van der Waals surface area contributed by atoms with Crippen LogP contribution in [-0.2, 0) is 26.2 Å². The average molecular weight is 518 g/mol. The van der Waals surface area contributed by atoms with Crippen LogP contribution in [0.2, 0.25) is 0 Å². The molecule has 0 aliphatic heterocycles. The van der Waals surface area contributed by atoms with Crippen LogP contribution in [0.1, 0.15) is 55.7 Å². The molecule has 0 heterocycles. The molecule has 0 radical (unpaired) electrons. The van der Waals surface area contributed by atoms with Crippen LogP contribution in [0.4, 0.5) is 10.1 Å². The summed E-state index contributed by atoms with van der Waals surface area (Å²) in [6.45, 7) is 4.62. The van der Waals surface area contributed by atoms with Gasteiger partial charge in [-0.05, 0) is 51.3 Å². The molecule has 0 saturated heterocycles. The normalized spacial score (nSPS) is 15.2. The minimum atomic E-state index is -3.82. The number of amides is 2. The number of hydrogen-bond donors (Lipinski definition) is 1. The Morgan fingerprint density at radius 2 is 1.75 bits per heavy atom. The van der Waals surface area contributed by atoms with Gasteiger partial charge in [0.05, 0.1) is 11.9 Å². The molecule has 0 aromatic heterocycles. The van der Waals surface area contributed by atoms with Crippen LogP contribution in [0.3, 0.4) is 0 Å². The Balaban J connectivity index is 1.90. The molecule has 9 heteroatoms. The molecular formula is C27H36FN3O4S. The van der Waals surface area contributed by atoms with E-state index in [0.717, 1.165) is 48.2 Å². The summed E-state index contributed by atoms with van der Waals surface area (Å²) < 4.78 is 41.0. The summed E-state index contributed by atoms with van der Waals surface area (Å²) in [5.74, 6) is -1.41. The van der Waals surface area contributed by atoms with E-state index in [0.29, 0.717) is 11.3 Å². The molecule has 0 bridgehead atoms. The number of benzene rings is 2. The number of sulfonamides is 1. The average Bonchev–Trinajstić information content (AvgIpc) is 2.82. The second kappa shape index (κ2) is 11.9. The molecule has 1 saturated carbocycles. The van der Waals surface area contributed by atoms with Crippen LogP contribution in [-0.4, -0.2) is 50.0 Å². The van der Waals surface area contributed by atoms with Gasteiger partial charge in [-0.15, -0.1) is 0 Å². The summed E-state index contributed by atoms with van der Waals surface area (Å²) in [4.78, 5) is 28.0. The largest absolute Gasteiger partial charge is 0.352 e. The number of carbonyl (C=O) groups excluding carboxylic acids is 2.